The fourth-order valence-electron chi connectivity index (χ4n) is 4.01. The number of aromatic nitrogens is 2. The summed E-state index contributed by atoms with van der Waals surface area (Å²) in [6.45, 7) is 1.59. The van der Waals surface area contributed by atoms with E-state index in [-0.39, 0.29) is 23.2 Å². The number of nitrogens with zero attached hydrogens (tertiary/aromatic N) is 4. The van der Waals surface area contributed by atoms with Crippen molar-refractivity contribution in [3.05, 3.63) is 46.7 Å². The van der Waals surface area contributed by atoms with Gasteiger partial charge in [0.2, 0.25) is 5.91 Å². The molecule has 1 spiro atoms. The highest BCUT2D eigenvalue weighted by atomic mass is 32.1. The van der Waals surface area contributed by atoms with Crippen LogP contribution in [0.25, 0.3) is 0 Å². The molecule has 6 nitrogen and oxygen atoms in total. The highest BCUT2D eigenvalue weighted by molar-refractivity contribution is 7.03. The third-order valence-corrected chi connectivity index (χ3v) is 5.97. The summed E-state index contributed by atoms with van der Waals surface area (Å²) >= 11 is 1.16. The van der Waals surface area contributed by atoms with Crippen LogP contribution in [0.15, 0.2) is 29.6 Å². The Labute approximate surface area is 154 Å². The number of halogens is 1. The molecule has 0 saturated carbocycles. The molecule has 1 aromatic heterocycles. The Kier molecular flexibility index (Phi) is 4.44. The first-order chi connectivity index (χ1) is 12.6. The molecule has 136 valence electrons. The normalized spacial score (nSPS) is 19.3. The summed E-state index contributed by atoms with van der Waals surface area (Å²) in [7, 11) is 0. The van der Waals surface area contributed by atoms with Crippen molar-refractivity contribution in [1.29, 1.82) is 0 Å². The Hall–Kier alpha value is -2.35. The minimum absolute atomic E-state index is 0.102. The van der Waals surface area contributed by atoms with Gasteiger partial charge in [-0.3, -0.25) is 9.59 Å². The van der Waals surface area contributed by atoms with Crippen molar-refractivity contribution in [3.63, 3.8) is 0 Å². The summed E-state index contributed by atoms with van der Waals surface area (Å²) in [5.41, 5.74) is 0.942. The molecular formula is C18H19FN4O2S. The Balaban J connectivity index is 1.47. The van der Waals surface area contributed by atoms with Crippen LogP contribution < -0.4 is 0 Å². The molecule has 2 amide bonds. The lowest BCUT2D eigenvalue weighted by molar-refractivity contribution is -0.133. The Morgan fingerprint density at radius 2 is 2.08 bits per heavy atom. The molecule has 8 heteroatoms. The molecular weight excluding hydrogens is 355 g/mol. The van der Waals surface area contributed by atoms with Crippen LogP contribution in [0.4, 0.5) is 4.39 Å². The Bertz CT molecular complexity index is 818. The number of likely N-dealkylation sites (tertiary alicyclic amines) is 2. The topological polar surface area (TPSA) is 66.4 Å². The number of amides is 2. The van der Waals surface area contributed by atoms with Gasteiger partial charge in [0.1, 0.15) is 5.82 Å². The lowest BCUT2D eigenvalue weighted by Gasteiger charge is -2.45. The predicted octanol–water partition coefficient (Wildman–Crippen LogP) is 2.47. The van der Waals surface area contributed by atoms with Crippen molar-refractivity contribution in [3.8, 4) is 0 Å². The van der Waals surface area contributed by atoms with E-state index in [9.17, 15) is 14.0 Å². The monoisotopic (exact) mass is 374 g/mol. The van der Waals surface area contributed by atoms with Crippen LogP contribution >= 0.6 is 11.5 Å². The first-order valence-electron chi connectivity index (χ1n) is 8.69. The van der Waals surface area contributed by atoms with E-state index in [1.807, 2.05) is 11.0 Å². The van der Waals surface area contributed by atoms with Crippen molar-refractivity contribution in [1.82, 2.24) is 19.4 Å². The van der Waals surface area contributed by atoms with Crippen LogP contribution in [0.2, 0.25) is 0 Å². The van der Waals surface area contributed by atoms with Crippen LogP contribution in [0, 0.1) is 5.82 Å². The second-order valence-corrected chi connectivity index (χ2v) is 7.53. The lowest BCUT2D eigenvalue weighted by atomic mass is 9.84. The highest BCUT2D eigenvalue weighted by Gasteiger charge is 2.47. The number of carbonyl (C=O) groups is 2. The first kappa shape index (κ1) is 17.1. The Morgan fingerprint density at radius 1 is 1.27 bits per heavy atom. The average molecular weight is 374 g/mol. The van der Waals surface area contributed by atoms with Gasteiger partial charge in [-0.25, -0.2) is 4.39 Å². The van der Waals surface area contributed by atoms with Crippen molar-refractivity contribution >= 4 is 23.3 Å². The van der Waals surface area contributed by atoms with Gasteiger partial charge < -0.3 is 9.80 Å². The van der Waals surface area contributed by atoms with Gasteiger partial charge in [-0.15, -0.1) is 5.10 Å². The largest absolute Gasteiger partial charge is 0.337 e. The van der Waals surface area contributed by atoms with Gasteiger partial charge in [-0.1, -0.05) is 16.6 Å². The fourth-order valence-corrected chi connectivity index (χ4v) is 4.44. The summed E-state index contributed by atoms with van der Waals surface area (Å²) in [4.78, 5) is 28.6. The molecule has 2 aliphatic rings. The van der Waals surface area contributed by atoms with Gasteiger partial charge >= 0.3 is 0 Å². The second-order valence-electron chi connectivity index (χ2n) is 6.92. The summed E-state index contributed by atoms with van der Waals surface area (Å²) in [5.74, 6) is -0.284. The first-order valence-corrected chi connectivity index (χ1v) is 9.52. The molecule has 0 N–H and O–H groups in total. The lowest BCUT2D eigenvalue weighted by Crippen LogP contribution is -2.53. The molecule has 2 saturated heterocycles. The van der Waals surface area contributed by atoms with Crippen LogP contribution in [0.3, 0.4) is 0 Å². The molecule has 0 aliphatic carbocycles. The summed E-state index contributed by atoms with van der Waals surface area (Å²) in [5, 5.41) is 5.50. The number of piperidine rings is 1. The molecule has 0 radical (unpaired) electrons. The summed E-state index contributed by atoms with van der Waals surface area (Å²) in [6.07, 6.45) is 2.77. The van der Waals surface area contributed by atoms with Gasteiger partial charge in [0.25, 0.3) is 5.91 Å². The van der Waals surface area contributed by atoms with E-state index >= 15 is 0 Å². The number of rotatable bonds is 3. The van der Waals surface area contributed by atoms with Crippen LogP contribution in [-0.2, 0) is 11.3 Å². The van der Waals surface area contributed by atoms with E-state index in [4.69, 9.17) is 0 Å². The predicted molar refractivity (Wildman–Crippen MR) is 94.0 cm³/mol. The van der Waals surface area contributed by atoms with Gasteiger partial charge in [-0.2, -0.15) is 0 Å². The molecule has 0 bridgehead atoms. The maximum atomic E-state index is 13.5. The smallest absolute Gasteiger partial charge is 0.275 e. The highest BCUT2D eigenvalue weighted by Crippen LogP contribution is 2.40. The SMILES string of the molecule is O=C(c1csnn1)N1CCC2(CCC(=O)N2Cc2cccc(F)c2)CC1. The Morgan fingerprint density at radius 3 is 2.77 bits per heavy atom. The quantitative estimate of drug-likeness (QED) is 0.828. The molecule has 2 fully saturated rings. The van der Waals surface area contributed by atoms with Crippen molar-refractivity contribution in [2.75, 3.05) is 13.1 Å². The van der Waals surface area contributed by atoms with E-state index in [0.717, 1.165) is 36.4 Å². The molecule has 2 aromatic rings. The van der Waals surface area contributed by atoms with E-state index in [0.29, 0.717) is 31.7 Å². The summed E-state index contributed by atoms with van der Waals surface area (Å²) < 4.78 is 17.2. The molecule has 26 heavy (non-hydrogen) atoms. The minimum atomic E-state index is -0.291. The van der Waals surface area contributed by atoms with Gasteiger partial charge in [0.05, 0.1) is 0 Å². The number of hydrogen-bond acceptors (Lipinski definition) is 5. The second kappa shape index (κ2) is 6.75. The third-order valence-electron chi connectivity index (χ3n) is 5.47. The van der Waals surface area contributed by atoms with E-state index in [1.165, 1.54) is 12.1 Å². The zero-order valence-electron chi connectivity index (χ0n) is 14.2. The third kappa shape index (κ3) is 3.09. The van der Waals surface area contributed by atoms with Crippen molar-refractivity contribution < 1.29 is 14.0 Å². The average Bonchev–Trinajstić information content (AvgIpc) is 3.27. The van der Waals surface area contributed by atoms with E-state index < -0.39 is 0 Å². The number of carbonyl (C=O) groups excluding carboxylic acids is 2. The molecule has 0 unspecified atom stereocenters. The zero-order chi connectivity index (χ0) is 18.1. The maximum absolute atomic E-state index is 13.5. The molecule has 3 heterocycles. The van der Waals surface area contributed by atoms with E-state index in [1.54, 1.807) is 16.3 Å². The van der Waals surface area contributed by atoms with Gasteiger partial charge in [-0.05, 0) is 48.5 Å². The van der Waals surface area contributed by atoms with Crippen LogP contribution in [0.1, 0.15) is 41.7 Å². The fraction of sp³-hybridized carbons (Fsp3) is 0.444. The maximum Gasteiger partial charge on any atom is 0.275 e. The molecule has 4 rings (SSSR count). The van der Waals surface area contributed by atoms with Gasteiger partial charge in [0, 0.05) is 37.0 Å². The van der Waals surface area contributed by atoms with Gasteiger partial charge in [0.15, 0.2) is 5.69 Å². The number of benzene rings is 1. The zero-order valence-corrected chi connectivity index (χ0v) is 15.0. The van der Waals surface area contributed by atoms with Crippen molar-refractivity contribution in [2.45, 2.75) is 37.8 Å². The van der Waals surface area contributed by atoms with Crippen LogP contribution in [0.5, 0.6) is 0 Å². The number of hydrogen-bond donors (Lipinski definition) is 0. The molecule has 0 atom stereocenters. The minimum Gasteiger partial charge on any atom is -0.337 e. The standard InChI is InChI=1S/C18H19FN4O2S/c19-14-3-1-2-13(10-14)11-23-16(24)4-5-18(23)6-8-22(9-7-18)17(25)15-12-26-21-20-15/h1-3,10,12H,4-9,11H2. The summed E-state index contributed by atoms with van der Waals surface area (Å²) in [6, 6.07) is 6.40. The van der Waals surface area contributed by atoms with E-state index in [2.05, 4.69) is 9.59 Å². The molecule has 2 aliphatic heterocycles. The van der Waals surface area contributed by atoms with Crippen molar-refractivity contribution in [2.24, 2.45) is 0 Å². The molecule has 1 aromatic carbocycles. The van der Waals surface area contributed by atoms with Crippen LogP contribution in [-0.4, -0.2) is 49.8 Å².